The summed E-state index contributed by atoms with van der Waals surface area (Å²) in [5, 5.41) is 5.69. The van der Waals surface area contributed by atoms with E-state index in [4.69, 9.17) is 9.47 Å². The van der Waals surface area contributed by atoms with E-state index in [0.29, 0.717) is 43.3 Å². The predicted molar refractivity (Wildman–Crippen MR) is 106 cm³/mol. The van der Waals surface area contributed by atoms with E-state index in [2.05, 4.69) is 5.10 Å². The fourth-order valence-corrected chi connectivity index (χ4v) is 3.81. The fourth-order valence-electron chi connectivity index (χ4n) is 3.81. The number of nitrogens with zero attached hydrogens (tertiary/aromatic N) is 3. The van der Waals surface area contributed by atoms with Crippen LogP contribution in [-0.2, 0) is 32.0 Å². The van der Waals surface area contributed by atoms with Crippen molar-refractivity contribution in [1.82, 2.24) is 14.7 Å². The average molecular weight is 399 g/mol. The van der Waals surface area contributed by atoms with Crippen LogP contribution in [0.4, 0.5) is 0 Å². The summed E-state index contributed by atoms with van der Waals surface area (Å²) in [6.07, 6.45) is 2.10. The molecule has 29 heavy (non-hydrogen) atoms. The average Bonchev–Trinajstić information content (AvgIpc) is 3.57. The van der Waals surface area contributed by atoms with Crippen LogP contribution in [0.1, 0.15) is 36.9 Å². The van der Waals surface area contributed by atoms with E-state index in [0.717, 1.165) is 23.8 Å². The number of hydrogen-bond acceptors (Lipinski definition) is 6. The minimum atomic E-state index is -0.392. The summed E-state index contributed by atoms with van der Waals surface area (Å²) in [7, 11) is 0. The van der Waals surface area contributed by atoms with Gasteiger partial charge in [0, 0.05) is 18.5 Å². The van der Waals surface area contributed by atoms with Crippen molar-refractivity contribution in [3.05, 3.63) is 39.8 Å². The number of esters is 1. The molecule has 1 saturated heterocycles. The second-order valence-electron chi connectivity index (χ2n) is 7.43. The first kappa shape index (κ1) is 19.6. The van der Waals surface area contributed by atoms with Crippen LogP contribution < -0.4 is 5.56 Å². The first-order chi connectivity index (χ1) is 14.1. The van der Waals surface area contributed by atoms with E-state index in [1.807, 2.05) is 12.1 Å². The van der Waals surface area contributed by atoms with Crippen molar-refractivity contribution in [2.24, 2.45) is 0 Å². The van der Waals surface area contributed by atoms with Crippen LogP contribution in [0.5, 0.6) is 0 Å². The lowest BCUT2D eigenvalue weighted by Crippen LogP contribution is -2.44. The Morgan fingerprint density at radius 3 is 2.69 bits per heavy atom. The molecule has 0 N–H and O–H groups in total. The number of carbonyl (C=O) groups excluding carboxylic acids is 2. The highest BCUT2D eigenvalue weighted by Crippen LogP contribution is 2.43. The smallest absolute Gasteiger partial charge is 0.311 e. The third-order valence-corrected chi connectivity index (χ3v) is 5.37. The number of benzene rings is 1. The van der Waals surface area contributed by atoms with Gasteiger partial charge in [0.25, 0.3) is 5.56 Å². The van der Waals surface area contributed by atoms with E-state index in [-0.39, 0.29) is 31.0 Å². The molecular weight excluding hydrogens is 374 g/mol. The maximum atomic E-state index is 13.1. The normalized spacial score (nSPS) is 16.8. The lowest BCUT2D eigenvalue weighted by Gasteiger charge is -2.27. The van der Waals surface area contributed by atoms with Crippen LogP contribution in [0.15, 0.2) is 23.0 Å². The Hall–Kier alpha value is -2.74. The summed E-state index contributed by atoms with van der Waals surface area (Å²) in [5.74, 6) is -0.175. The SMILES string of the molecule is CCOC(=O)Cc1nn(CC(=O)N2CCOCC2)c(=O)c2cccc(C3CC3)c12. The Kier molecular flexibility index (Phi) is 5.62. The third-order valence-electron chi connectivity index (χ3n) is 5.37. The van der Waals surface area contributed by atoms with Gasteiger partial charge in [-0.05, 0) is 37.3 Å². The molecule has 2 aromatic rings. The Labute approximate surface area is 168 Å². The van der Waals surface area contributed by atoms with Crippen molar-refractivity contribution < 1.29 is 19.1 Å². The molecule has 2 aliphatic rings. The van der Waals surface area contributed by atoms with Gasteiger partial charge in [0.2, 0.25) is 5.91 Å². The Bertz CT molecular complexity index is 990. The molecule has 8 heteroatoms. The maximum absolute atomic E-state index is 13.1. The van der Waals surface area contributed by atoms with E-state index in [1.165, 1.54) is 4.68 Å². The van der Waals surface area contributed by atoms with Gasteiger partial charge in [-0.15, -0.1) is 0 Å². The quantitative estimate of drug-likeness (QED) is 0.679. The van der Waals surface area contributed by atoms with Crippen molar-refractivity contribution in [3.8, 4) is 0 Å². The summed E-state index contributed by atoms with van der Waals surface area (Å²) < 4.78 is 11.6. The number of amides is 1. The number of carbonyl (C=O) groups is 2. The molecule has 1 aliphatic carbocycles. The van der Waals surface area contributed by atoms with Gasteiger partial charge in [-0.25, -0.2) is 4.68 Å². The van der Waals surface area contributed by atoms with Crippen molar-refractivity contribution in [2.75, 3.05) is 32.9 Å². The molecule has 8 nitrogen and oxygen atoms in total. The number of aromatic nitrogens is 2. The largest absolute Gasteiger partial charge is 0.466 e. The standard InChI is InChI=1S/C21H25N3O5/c1-2-29-19(26)12-17-20-15(14-6-7-14)4-3-5-16(20)21(27)24(22-17)13-18(25)23-8-10-28-11-9-23/h3-5,14H,2,6-13H2,1H3. The zero-order chi connectivity index (χ0) is 20.4. The number of hydrogen-bond donors (Lipinski definition) is 0. The van der Waals surface area contributed by atoms with Crippen LogP contribution >= 0.6 is 0 Å². The highest BCUT2D eigenvalue weighted by atomic mass is 16.5. The topological polar surface area (TPSA) is 90.7 Å². The zero-order valence-electron chi connectivity index (χ0n) is 16.6. The summed E-state index contributed by atoms with van der Waals surface area (Å²) in [6, 6.07) is 5.61. The van der Waals surface area contributed by atoms with Crippen molar-refractivity contribution in [2.45, 2.75) is 38.6 Å². The highest BCUT2D eigenvalue weighted by molar-refractivity contribution is 5.90. The molecule has 1 aliphatic heterocycles. The molecule has 2 heterocycles. The lowest BCUT2D eigenvalue weighted by atomic mass is 9.99. The van der Waals surface area contributed by atoms with Gasteiger partial charge in [-0.3, -0.25) is 14.4 Å². The summed E-state index contributed by atoms with van der Waals surface area (Å²) in [5.41, 5.74) is 1.24. The summed E-state index contributed by atoms with van der Waals surface area (Å²) in [4.78, 5) is 39.6. The molecule has 0 radical (unpaired) electrons. The molecule has 154 valence electrons. The minimum Gasteiger partial charge on any atom is -0.466 e. The van der Waals surface area contributed by atoms with E-state index in [9.17, 15) is 14.4 Å². The molecule has 0 unspecified atom stereocenters. The molecule has 1 aromatic heterocycles. The van der Waals surface area contributed by atoms with Crippen LogP contribution in [0.3, 0.4) is 0 Å². The summed E-state index contributed by atoms with van der Waals surface area (Å²) in [6.45, 7) is 3.86. The van der Waals surface area contributed by atoms with Gasteiger partial charge in [-0.2, -0.15) is 5.10 Å². The van der Waals surface area contributed by atoms with Gasteiger partial charge in [0.05, 0.1) is 37.3 Å². The second-order valence-corrected chi connectivity index (χ2v) is 7.43. The summed E-state index contributed by atoms with van der Waals surface area (Å²) >= 11 is 0. The van der Waals surface area contributed by atoms with Gasteiger partial charge >= 0.3 is 5.97 Å². The van der Waals surface area contributed by atoms with Crippen LogP contribution in [-0.4, -0.2) is 59.5 Å². The van der Waals surface area contributed by atoms with Crippen molar-refractivity contribution in [3.63, 3.8) is 0 Å². The second kappa shape index (κ2) is 8.32. The van der Waals surface area contributed by atoms with Crippen molar-refractivity contribution in [1.29, 1.82) is 0 Å². The Morgan fingerprint density at radius 1 is 1.24 bits per heavy atom. The first-order valence-electron chi connectivity index (χ1n) is 10.1. The minimum absolute atomic E-state index is 0.0277. The molecular formula is C21H25N3O5. The maximum Gasteiger partial charge on any atom is 0.311 e. The van der Waals surface area contributed by atoms with Crippen molar-refractivity contribution >= 4 is 22.6 Å². The molecule has 4 rings (SSSR count). The predicted octanol–water partition coefficient (Wildman–Crippen LogP) is 1.24. The van der Waals surface area contributed by atoms with E-state index in [1.54, 1.807) is 17.9 Å². The number of morpholine rings is 1. The zero-order valence-corrected chi connectivity index (χ0v) is 16.6. The molecule has 0 atom stereocenters. The Morgan fingerprint density at radius 2 is 2.00 bits per heavy atom. The monoisotopic (exact) mass is 399 g/mol. The molecule has 1 saturated carbocycles. The highest BCUT2D eigenvalue weighted by Gasteiger charge is 2.28. The van der Waals surface area contributed by atoms with Gasteiger partial charge in [-0.1, -0.05) is 12.1 Å². The first-order valence-corrected chi connectivity index (χ1v) is 10.1. The van der Waals surface area contributed by atoms with Crippen LogP contribution in [0.2, 0.25) is 0 Å². The lowest BCUT2D eigenvalue weighted by molar-refractivity contribution is -0.142. The fraction of sp³-hybridized carbons (Fsp3) is 0.524. The van der Waals surface area contributed by atoms with Gasteiger partial charge in [0.15, 0.2) is 0 Å². The Balaban J connectivity index is 1.74. The van der Waals surface area contributed by atoms with Crippen LogP contribution in [0.25, 0.3) is 10.8 Å². The van der Waals surface area contributed by atoms with Gasteiger partial charge < -0.3 is 14.4 Å². The molecule has 0 spiro atoms. The third kappa shape index (κ3) is 4.17. The van der Waals surface area contributed by atoms with Crippen LogP contribution in [0, 0.1) is 0 Å². The molecule has 0 bridgehead atoms. The van der Waals surface area contributed by atoms with Gasteiger partial charge in [0.1, 0.15) is 6.54 Å². The van der Waals surface area contributed by atoms with E-state index >= 15 is 0 Å². The molecule has 1 aromatic carbocycles. The number of rotatable bonds is 6. The van der Waals surface area contributed by atoms with E-state index < -0.39 is 5.97 Å². The molecule has 2 fully saturated rings. The number of ether oxygens (including phenoxy) is 2. The number of fused-ring (bicyclic) bond motifs is 1. The molecule has 1 amide bonds.